The van der Waals surface area contributed by atoms with Gasteiger partial charge in [-0.3, -0.25) is 4.79 Å². The minimum atomic E-state index is 0.202. The molecule has 2 bridgehead atoms. The SMILES string of the molecule is CC(C)=C=CC1C(=O)C2CCC1C2. The van der Waals surface area contributed by atoms with Crippen LogP contribution < -0.4 is 0 Å². The van der Waals surface area contributed by atoms with Gasteiger partial charge in [-0.2, -0.15) is 0 Å². The molecule has 0 heterocycles. The Kier molecular flexibility index (Phi) is 2.13. The van der Waals surface area contributed by atoms with Crippen molar-refractivity contribution >= 4 is 5.78 Å². The van der Waals surface area contributed by atoms with Crippen LogP contribution in [0.4, 0.5) is 0 Å². The van der Waals surface area contributed by atoms with E-state index < -0.39 is 0 Å². The Morgan fingerprint density at radius 3 is 2.77 bits per heavy atom. The maximum Gasteiger partial charge on any atom is 0.143 e. The monoisotopic (exact) mass is 176 g/mol. The van der Waals surface area contributed by atoms with Gasteiger partial charge in [0.25, 0.3) is 0 Å². The summed E-state index contributed by atoms with van der Waals surface area (Å²) in [6.07, 6.45) is 5.54. The number of ketones is 1. The van der Waals surface area contributed by atoms with Crippen molar-refractivity contribution in [2.75, 3.05) is 0 Å². The standard InChI is InChI=1S/C12H16O/c1-8(2)3-6-11-9-4-5-10(7-9)12(11)13/h6,9-11H,4-5,7H2,1-2H3. The van der Waals surface area contributed by atoms with Crippen molar-refractivity contribution in [3.05, 3.63) is 17.4 Å². The van der Waals surface area contributed by atoms with Gasteiger partial charge in [-0.05, 0) is 50.7 Å². The summed E-state index contributed by atoms with van der Waals surface area (Å²) in [5, 5.41) is 0. The van der Waals surface area contributed by atoms with Gasteiger partial charge < -0.3 is 0 Å². The Balaban J connectivity index is 2.18. The first-order valence-electron chi connectivity index (χ1n) is 5.12. The summed E-state index contributed by atoms with van der Waals surface area (Å²) in [5.41, 5.74) is 4.34. The molecule has 0 radical (unpaired) electrons. The molecular weight excluding hydrogens is 160 g/mol. The lowest BCUT2D eigenvalue weighted by molar-refractivity contribution is -0.124. The molecule has 0 saturated heterocycles. The van der Waals surface area contributed by atoms with E-state index in [4.69, 9.17) is 0 Å². The molecule has 0 amide bonds. The smallest absolute Gasteiger partial charge is 0.143 e. The third-order valence-electron chi connectivity index (χ3n) is 3.26. The summed E-state index contributed by atoms with van der Waals surface area (Å²) in [7, 11) is 0. The Hall–Kier alpha value is -0.810. The number of fused-ring (bicyclic) bond motifs is 2. The first kappa shape index (κ1) is 8.77. The highest BCUT2D eigenvalue weighted by atomic mass is 16.1. The van der Waals surface area contributed by atoms with Crippen LogP contribution in [-0.2, 0) is 4.79 Å². The van der Waals surface area contributed by atoms with Gasteiger partial charge >= 0.3 is 0 Å². The van der Waals surface area contributed by atoms with Crippen molar-refractivity contribution < 1.29 is 4.79 Å². The van der Waals surface area contributed by atoms with Crippen LogP contribution in [0.5, 0.6) is 0 Å². The molecule has 0 aromatic heterocycles. The average Bonchev–Trinajstić information content (AvgIpc) is 2.61. The Morgan fingerprint density at radius 2 is 2.23 bits per heavy atom. The fraction of sp³-hybridized carbons (Fsp3) is 0.667. The van der Waals surface area contributed by atoms with Gasteiger partial charge in [-0.1, -0.05) is 0 Å². The highest BCUT2D eigenvalue weighted by molar-refractivity contribution is 5.88. The maximum absolute atomic E-state index is 11.7. The van der Waals surface area contributed by atoms with E-state index in [0.717, 1.165) is 18.4 Å². The van der Waals surface area contributed by atoms with E-state index in [1.54, 1.807) is 0 Å². The van der Waals surface area contributed by atoms with Gasteiger partial charge in [-0.25, -0.2) is 0 Å². The van der Waals surface area contributed by atoms with Crippen LogP contribution in [0.3, 0.4) is 0 Å². The predicted octanol–water partition coefficient (Wildman–Crippen LogP) is 2.72. The van der Waals surface area contributed by atoms with Gasteiger partial charge in [0, 0.05) is 11.8 Å². The van der Waals surface area contributed by atoms with Crippen LogP contribution in [0.2, 0.25) is 0 Å². The minimum absolute atomic E-state index is 0.202. The maximum atomic E-state index is 11.7. The topological polar surface area (TPSA) is 17.1 Å². The predicted molar refractivity (Wildman–Crippen MR) is 52.3 cm³/mol. The first-order chi connectivity index (χ1) is 6.18. The van der Waals surface area contributed by atoms with Crippen LogP contribution in [-0.4, -0.2) is 5.78 Å². The quantitative estimate of drug-likeness (QED) is 0.561. The van der Waals surface area contributed by atoms with Gasteiger partial charge in [0.05, 0.1) is 0 Å². The normalized spacial score (nSPS) is 36.2. The number of allylic oxidation sites excluding steroid dienone is 1. The van der Waals surface area contributed by atoms with Crippen molar-refractivity contribution in [2.45, 2.75) is 33.1 Å². The summed E-state index contributed by atoms with van der Waals surface area (Å²) >= 11 is 0. The summed E-state index contributed by atoms with van der Waals surface area (Å²) in [6.45, 7) is 4.04. The fourth-order valence-electron chi connectivity index (χ4n) is 2.58. The number of hydrogen-bond donors (Lipinski definition) is 0. The number of hydrogen-bond acceptors (Lipinski definition) is 1. The van der Waals surface area contributed by atoms with Crippen molar-refractivity contribution in [3.63, 3.8) is 0 Å². The van der Waals surface area contributed by atoms with Gasteiger partial charge in [-0.15, -0.1) is 5.73 Å². The molecule has 3 atom stereocenters. The highest BCUT2D eigenvalue weighted by Crippen LogP contribution is 2.46. The van der Waals surface area contributed by atoms with Gasteiger partial charge in [0.15, 0.2) is 0 Å². The van der Waals surface area contributed by atoms with E-state index in [-0.39, 0.29) is 5.92 Å². The Labute approximate surface area is 79.5 Å². The zero-order valence-corrected chi connectivity index (χ0v) is 8.34. The molecular formula is C12H16O. The third-order valence-corrected chi connectivity index (χ3v) is 3.26. The lowest BCUT2D eigenvalue weighted by Crippen LogP contribution is -2.19. The lowest BCUT2D eigenvalue weighted by atomic mass is 9.87. The fourth-order valence-corrected chi connectivity index (χ4v) is 2.58. The second-order valence-electron chi connectivity index (χ2n) is 4.51. The number of carbonyl (C=O) groups is 1. The summed E-state index contributed by atoms with van der Waals surface area (Å²) in [5.74, 6) is 1.72. The Morgan fingerprint density at radius 1 is 1.46 bits per heavy atom. The zero-order chi connectivity index (χ0) is 9.42. The van der Waals surface area contributed by atoms with Crippen molar-refractivity contribution in [2.24, 2.45) is 17.8 Å². The molecule has 1 heteroatoms. The highest BCUT2D eigenvalue weighted by Gasteiger charge is 2.45. The third kappa shape index (κ3) is 1.49. The average molecular weight is 176 g/mol. The van der Waals surface area contributed by atoms with E-state index in [9.17, 15) is 4.79 Å². The summed E-state index contributed by atoms with van der Waals surface area (Å²) in [4.78, 5) is 11.7. The molecule has 2 aliphatic carbocycles. The molecule has 1 nitrogen and oxygen atoms in total. The second-order valence-corrected chi connectivity index (χ2v) is 4.51. The molecule has 2 saturated carbocycles. The Bertz CT molecular complexity index is 290. The van der Waals surface area contributed by atoms with E-state index in [0.29, 0.717) is 17.6 Å². The number of carbonyl (C=O) groups excluding carboxylic acids is 1. The van der Waals surface area contributed by atoms with E-state index in [2.05, 4.69) is 5.73 Å². The van der Waals surface area contributed by atoms with Crippen LogP contribution in [0.25, 0.3) is 0 Å². The van der Waals surface area contributed by atoms with Crippen LogP contribution >= 0.6 is 0 Å². The second kappa shape index (κ2) is 3.16. The van der Waals surface area contributed by atoms with Gasteiger partial charge in [0.2, 0.25) is 0 Å². The zero-order valence-electron chi connectivity index (χ0n) is 8.34. The van der Waals surface area contributed by atoms with E-state index in [1.807, 2.05) is 19.9 Å². The molecule has 0 aliphatic heterocycles. The molecule has 0 aromatic rings. The molecule has 0 N–H and O–H groups in total. The largest absolute Gasteiger partial charge is 0.299 e. The molecule has 70 valence electrons. The summed E-state index contributed by atoms with van der Waals surface area (Å²) in [6, 6.07) is 0. The molecule has 0 spiro atoms. The molecule has 2 rings (SSSR count). The first-order valence-corrected chi connectivity index (χ1v) is 5.12. The number of Topliss-reactive ketones (excluding diaryl/α,β-unsaturated/α-hetero) is 1. The lowest BCUT2D eigenvalue weighted by Gasteiger charge is -2.15. The molecule has 3 unspecified atom stereocenters. The molecule has 2 aliphatic rings. The minimum Gasteiger partial charge on any atom is -0.299 e. The van der Waals surface area contributed by atoms with Crippen LogP contribution in [0.15, 0.2) is 17.4 Å². The van der Waals surface area contributed by atoms with E-state index in [1.165, 1.54) is 6.42 Å². The summed E-state index contributed by atoms with van der Waals surface area (Å²) < 4.78 is 0. The van der Waals surface area contributed by atoms with Crippen LogP contribution in [0.1, 0.15) is 33.1 Å². The van der Waals surface area contributed by atoms with Gasteiger partial charge in [0.1, 0.15) is 5.78 Å². The van der Waals surface area contributed by atoms with Crippen molar-refractivity contribution in [1.29, 1.82) is 0 Å². The van der Waals surface area contributed by atoms with E-state index >= 15 is 0 Å². The molecule has 0 aromatic carbocycles. The molecule has 2 fully saturated rings. The van der Waals surface area contributed by atoms with Crippen molar-refractivity contribution in [1.82, 2.24) is 0 Å². The molecule has 13 heavy (non-hydrogen) atoms. The number of rotatable bonds is 1. The van der Waals surface area contributed by atoms with Crippen LogP contribution in [0, 0.1) is 17.8 Å². The van der Waals surface area contributed by atoms with Crippen molar-refractivity contribution in [3.8, 4) is 0 Å².